The van der Waals surface area contributed by atoms with Crippen LogP contribution in [0.15, 0.2) is 36.5 Å². The summed E-state index contributed by atoms with van der Waals surface area (Å²) in [4.78, 5) is 20.1. The smallest absolute Gasteiger partial charge is 0.337 e. The fourth-order valence-corrected chi connectivity index (χ4v) is 4.48. The van der Waals surface area contributed by atoms with Crippen LogP contribution in [0.3, 0.4) is 0 Å². The Labute approximate surface area is 167 Å². The first-order valence-electron chi connectivity index (χ1n) is 9.67. The van der Waals surface area contributed by atoms with Gasteiger partial charge in [0.2, 0.25) is 0 Å². The standard InChI is InChI=1S/C22H21FN4O2/c23-14-3-1-2-12(6-14)17-7-16-13(8-26-17)4-5-15-18(21(28)29)20(27-19(15)16)22(9-24)10-25-11-22/h1-3,6-8,25,27H,4-5,9-11,24H2,(H,28,29). The Morgan fingerprint density at radius 1 is 1.28 bits per heavy atom. The third kappa shape index (κ3) is 2.69. The number of carbonyl (C=O) groups is 1. The van der Waals surface area contributed by atoms with Crippen molar-refractivity contribution in [2.45, 2.75) is 18.3 Å². The van der Waals surface area contributed by atoms with E-state index in [1.165, 1.54) is 12.1 Å². The molecule has 0 amide bonds. The van der Waals surface area contributed by atoms with Gasteiger partial charge in [-0.1, -0.05) is 12.1 Å². The SMILES string of the molecule is NCC1(c2[nH]c3c(c2C(=O)O)CCc2cnc(-c4cccc(F)c4)cc2-3)CNC1. The van der Waals surface area contributed by atoms with Gasteiger partial charge < -0.3 is 21.1 Å². The van der Waals surface area contributed by atoms with Crippen LogP contribution in [0.2, 0.25) is 0 Å². The Balaban J connectivity index is 1.69. The molecular formula is C22H21FN4O2. The summed E-state index contributed by atoms with van der Waals surface area (Å²) >= 11 is 0. The van der Waals surface area contributed by atoms with E-state index in [9.17, 15) is 14.3 Å². The van der Waals surface area contributed by atoms with Crippen LogP contribution >= 0.6 is 0 Å². The molecule has 3 heterocycles. The highest BCUT2D eigenvalue weighted by Crippen LogP contribution is 2.41. The summed E-state index contributed by atoms with van der Waals surface area (Å²) in [7, 11) is 0. The van der Waals surface area contributed by atoms with Crippen molar-refractivity contribution in [1.82, 2.24) is 15.3 Å². The van der Waals surface area contributed by atoms with Gasteiger partial charge in [0, 0.05) is 48.1 Å². The summed E-state index contributed by atoms with van der Waals surface area (Å²) in [6, 6.07) is 8.23. The number of benzene rings is 1. The molecule has 1 aliphatic heterocycles. The van der Waals surface area contributed by atoms with E-state index in [0.717, 1.165) is 22.4 Å². The normalized spacial score (nSPS) is 16.6. The summed E-state index contributed by atoms with van der Waals surface area (Å²) in [5.74, 6) is -1.25. The van der Waals surface area contributed by atoms with Crippen molar-refractivity contribution < 1.29 is 14.3 Å². The molecule has 5 N–H and O–H groups in total. The molecule has 0 bridgehead atoms. The van der Waals surface area contributed by atoms with Crippen molar-refractivity contribution in [3.05, 3.63) is 64.7 Å². The molecule has 5 rings (SSSR count). The van der Waals surface area contributed by atoms with Gasteiger partial charge in [-0.2, -0.15) is 0 Å². The topological polar surface area (TPSA) is 104 Å². The fraction of sp³-hybridized carbons (Fsp3) is 0.273. The summed E-state index contributed by atoms with van der Waals surface area (Å²) < 4.78 is 13.7. The number of hydrogen-bond donors (Lipinski definition) is 4. The van der Waals surface area contributed by atoms with Crippen LogP contribution in [-0.2, 0) is 18.3 Å². The summed E-state index contributed by atoms with van der Waals surface area (Å²) in [5, 5.41) is 13.2. The number of fused-ring (bicyclic) bond motifs is 3. The lowest BCUT2D eigenvalue weighted by atomic mass is 9.76. The number of nitrogens with one attached hydrogen (secondary N) is 2. The van der Waals surface area contributed by atoms with Crippen molar-refractivity contribution in [3.63, 3.8) is 0 Å². The molecule has 2 aliphatic rings. The van der Waals surface area contributed by atoms with E-state index in [0.29, 0.717) is 55.0 Å². The summed E-state index contributed by atoms with van der Waals surface area (Å²) in [6.07, 6.45) is 3.16. The number of rotatable bonds is 4. The number of nitrogens with zero attached hydrogens (tertiary/aromatic N) is 1. The third-order valence-corrected chi connectivity index (χ3v) is 6.19. The first-order valence-corrected chi connectivity index (χ1v) is 9.67. The number of aromatic nitrogens is 2. The van der Waals surface area contributed by atoms with E-state index in [1.54, 1.807) is 6.07 Å². The van der Waals surface area contributed by atoms with Gasteiger partial charge in [-0.05, 0) is 42.2 Å². The van der Waals surface area contributed by atoms with Crippen LogP contribution in [0.4, 0.5) is 4.39 Å². The molecule has 148 valence electrons. The quantitative estimate of drug-likeness (QED) is 0.546. The average molecular weight is 392 g/mol. The molecule has 1 saturated heterocycles. The molecule has 1 aromatic carbocycles. The van der Waals surface area contributed by atoms with E-state index in [4.69, 9.17) is 5.73 Å². The lowest BCUT2D eigenvalue weighted by molar-refractivity contribution is 0.0691. The largest absolute Gasteiger partial charge is 0.478 e. The van der Waals surface area contributed by atoms with Crippen molar-refractivity contribution in [1.29, 1.82) is 0 Å². The molecule has 2 aromatic heterocycles. The van der Waals surface area contributed by atoms with Gasteiger partial charge in [-0.25, -0.2) is 9.18 Å². The minimum Gasteiger partial charge on any atom is -0.478 e. The van der Waals surface area contributed by atoms with Gasteiger partial charge in [0.1, 0.15) is 5.82 Å². The molecule has 6 nitrogen and oxygen atoms in total. The summed E-state index contributed by atoms with van der Waals surface area (Å²) in [6.45, 7) is 1.68. The molecule has 29 heavy (non-hydrogen) atoms. The van der Waals surface area contributed by atoms with Crippen LogP contribution in [0.1, 0.15) is 27.2 Å². The first kappa shape index (κ1) is 18.0. The van der Waals surface area contributed by atoms with Gasteiger partial charge in [-0.3, -0.25) is 4.98 Å². The molecule has 0 saturated carbocycles. The van der Waals surface area contributed by atoms with Crippen LogP contribution in [0, 0.1) is 5.82 Å². The van der Waals surface area contributed by atoms with E-state index in [-0.39, 0.29) is 11.2 Å². The summed E-state index contributed by atoms with van der Waals surface area (Å²) in [5.41, 5.74) is 11.7. The number of halogens is 1. The molecule has 0 radical (unpaired) electrons. The lowest BCUT2D eigenvalue weighted by Crippen LogP contribution is -2.61. The maximum absolute atomic E-state index is 13.7. The number of nitrogens with two attached hydrogens (primary N) is 1. The van der Waals surface area contributed by atoms with Gasteiger partial charge in [0.05, 0.1) is 17.0 Å². The second-order valence-electron chi connectivity index (χ2n) is 7.86. The minimum atomic E-state index is -0.930. The predicted octanol–water partition coefficient (Wildman–Crippen LogP) is 2.48. The zero-order valence-electron chi connectivity index (χ0n) is 15.8. The van der Waals surface area contributed by atoms with Crippen molar-refractivity contribution >= 4 is 5.97 Å². The number of aromatic amines is 1. The Hall–Kier alpha value is -3.03. The van der Waals surface area contributed by atoms with Crippen molar-refractivity contribution in [3.8, 4) is 22.5 Å². The number of carboxylic acid groups (broad SMARTS) is 1. The Morgan fingerprint density at radius 3 is 2.76 bits per heavy atom. The molecule has 1 aliphatic carbocycles. The van der Waals surface area contributed by atoms with Crippen molar-refractivity contribution in [2.75, 3.05) is 19.6 Å². The number of carboxylic acids is 1. The van der Waals surface area contributed by atoms with Crippen LogP contribution < -0.4 is 11.1 Å². The van der Waals surface area contributed by atoms with Gasteiger partial charge in [0.25, 0.3) is 0 Å². The van der Waals surface area contributed by atoms with Gasteiger partial charge in [-0.15, -0.1) is 0 Å². The second kappa shape index (κ2) is 6.50. The third-order valence-electron chi connectivity index (χ3n) is 6.19. The molecule has 7 heteroatoms. The van der Waals surface area contributed by atoms with E-state index >= 15 is 0 Å². The maximum atomic E-state index is 13.7. The number of H-pyrrole nitrogens is 1. The molecule has 3 aromatic rings. The average Bonchev–Trinajstić information content (AvgIpc) is 3.07. The van der Waals surface area contributed by atoms with E-state index in [2.05, 4.69) is 15.3 Å². The molecule has 1 fully saturated rings. The number of aryl methyl sites for hydroxylation is 1. The zero-order valence-corrected chi connectivity index (χ0v) is 15.8. The Morgan fingerprint density at radius 2 is 2.10 bits per heavy atom. The van der Waals surface area contributed by atoms with Crippen LogP contribution in [0.25, 0.3) is 22.5 Å². The predicted molar refractivity (Wildman–Crippen MR) is 107 cm³/mol. The van der Waals surface area contributed by atoms with Crippen LogP contribution in [0.5, 0.6) is 0 Å². The number of pyridine rings is 1. The molecule has 0 unspecified atom stereocenters. The van der Waals surface area contributed by atoms with E-state index in [1.807, 2.05) is 18.3 Å². The van der Waals surface area contributed by atoms with Gasteiger partial charge >= 0.3 is 5.97 Å². The lowest BCUT2D eigenvalue weighted by Gasteiger charge is -2.41. The minimum absolute atomic E-state index is 0.319. The fourth-order valence-electron chi connectivity index (χ4n) is 4.48. The number of hydrogen-bond acceptors (Lipinski definition) is 4. The van der Waals surface area contributed by atoms with E-state index < -0.39 is 5.97 Å². The highest BCUT2D eigenvalue weighted by molar-refractivity contribution is 5.95. The highest BCUT2D eigenvalue weighted by atomic mass is 19.1. The van der Waals surface area contributed by atoms with Crippen LogP contribution in [-0.4, -0.2) is 40.7 Å². The first-order chi connectivity index (χ1) is 14.0. The Kier molecular flexibility index (Phi) is 4.04. The zero-order chi connectivity index (χ0) is 20.2. The van der Waals surface area contributed by atoms with Crippen molar-refractivity contribution in [2.24, 2.45) is 5.73 Å². The molecular weight excluding hydrogens is 371 g/mol. The second-order valence-corrected chi connectivity index (χ2v) is 7.86. The highest BCUT2D eigenvalue weighted by Gasteiger charge is 2.43. The molecule has 0 spiro atoms. The monoisotopic (exact) mass is 392 g/mol. The molecule has 0 atom stereocenters. The van der Waals surface area contributed by atoms with Gasteiger partial charge in [0.15, 0.2) is 0 Å². The maximum Gasteiger partial charge on any atom is 0.337 e. The number of aromatic carboxylic acids is 1. The Bertz CT molecular complexity index is 1130.